The molecule has 1 unspecified atom stereocenters. The number of benzene rings is 2. The number of ether oxygens (including phenoxy) is 1. The van der Waals surface area contributed by atoms with Crippen molar-refractivity contribution in [3.63, 3.8) is 0 Å². The van der Waals surface area contributed by atoms with Crippen molar-refractivity contribution in [1.29, 1.82) is 0 Å². The minimum Gasteiger partial charge on any atom is -0.493 e. The third-order valence-corrected chi connectivity index (χ3v) is 5.50. The fourth-order valence-corrected chi connectivity index (χ4v) is 3.87. The molecule has 132 valence electrons. The van der Waals surface area contributed by atoms with Crippen molar-refractivity contribution in [3.05, 3.63) is 81.8 Å². The highest BCUT2D eigenvalue weighted by Gasteiger charge is 2.25. The lowest BCUT2D eigenvalue weighted by molar-refractivity contribution is 0.0674. The van der Waals surface area contributed by atoms with Crippen molar-refractivity contribution in [2.45, 2.75) is 25.9 Å². The Labute approximate surface area is 157 Å². The topological polar surface area (TPSA) is 42.4 Å². The number of carbonyl (C=O) groups excluding carboxylic acids is 1. The Morgan fingerprint density at radius 2 is 2.12 bits per heavy atom. The lowest BCUT2D eigenvalue weighted by atomic mass is 10.0. The van der Waals surface area contributed by atoms with E-state index < -0.39 is 0 Å². The molecule has 1 aliphatic rings. The van der Waals surface area contributed by atoms with Gasteiger partial charge >= 0.3 is 0 Å². The molecule has 0 N–H and O–H groups in total. The number of amides is 1. The van der Waals surface area contributed by atoms with Gasteiger partial charge in [-0.3, -0.25) is 4.79 Å². The zero-order valence-corrected chi connectivity index (χ0v) is 15.4. The summed E-state index contributed by atoms with van der Waals surface area (Å²) in [6, 6.07) is 15.8. The predicted molar refractivity (Wildman–Crippen MR) is 102 cm³/mol. The fraction of sp³-hybridized carbons (Fsp3) is 0.238. The number of carbonyl (C=O) groups is 1. The van der Waals surface area contributed by atoms with Crippen molar-refractivity contribution in [3.8, 4) is 5.75 Å². The van der Waals surface area contributed by atoms with Crippen LogP contribution < -0.4 is 4.74 Å². The summed E-state index contributed by atoms with van der Waals surface area (Å²) in [5, 5.41) is 2.88. The zero-order chi connectivity index (χ0) is 17.9. The van der Waals surface area contributed by atoms with E-state index in [4.69, 9.17) is 4.74 Å². The highest BCUT2D eigenvalue weighted by Crippen LogP contribution is 2.29. The Balaban J connectivity index is 1.66. The molecular formula is C21H20N2O2S. The van der Waals surface area contributed by atoms with E-state index >= 15 is 0 Å². The van der Waals surface area contributed by atoms with Gasteiger partial charge < -0.3 is 9.64 Å². The van der Waals surface area contributed by atoms with Gasteiger partial charge in [0.2, 0.25) is 0 Å². The predicted octanol–water partition coefficient (Wildman–Crippen LogP) is 4.48. The van der Waals surface area contributed by atoms with Gasteiger partial charge in [-0.25, -0.2) is 4.98 Å². The van der Waals surface area contributed by atoms with E-state index in [-0.39, 0.29) is 11.9 Å². The summed E-state index contributed by atoms with van der Waals surface area (Å²) in [7, 11) is 0. The normalized spacial score (nSPS) is 13.7. The quantitative estimate of drug-likeness (QED) is 0.670. The molecule has 2 heterocycles. The average Bonchev–Trinajstić information content (AvgIpc) is 3.36. The minimum absolute atomic E-state index is 0.0197. The molecule has 0 saturated heterocycles. The van der Waals surface area contributed by atoms with Crippen LogP contribution in [0.2, 0.25) is 0 Å². The lowest BCUT2D eigenvalue weighted by Gasteiger charge is -2.29. The third-order valence-electron chi connectivity index (χ3n) is 4.74. The summed E-state index contributed by atoms with van der Waals surface area (Å²) < 4.78 is 5.56. The van der Waals surface area contributed by atoms with E-state index in [0.29, 0.717) is 18.7 Å². The van der Waals surface area contributed by atoms with Crippen LogP contribution in [0.4, 0.5) is 0 Å². The first-order valence-corrected chi connectivity index (χ1v) is 9.60. The molecule has 5 heteroatoms. The monoisotopic (exact) mass is 364 g/mol. The van der Waals surface area contributed by atoms with Gasteiger partial charge in [0.1, 0.15) is 10.8 Å². The second kappa shape index (κ2) is 7.30. The number of rotatable bonds is 5. The van der Waals surface area contributed by atoms with Crippen LogP contribution in [-0.4, -0.2) is 22.4 Å². The molecule has 0 aliphatic carbocycles. The maximum absolute atomic E-state index is 13.3. The number of fused-ring (bicyclic) bond motifs is 1. The lowest BCUT2D eigenvalue weighted by Crippen LogP contribution is -2.33. The van der Waals surface area contributed by atoms with E-state index in [1.54, 1.807) is 17.5 Å². The molecule has 1 amide bonds. The summed E-state index contributed by atoms with van der Waals surface area (Å²) >= 11 is 1.57. The van der Waals surface area contributed by atoms with Crippen LogP contribution in [0.15, 0.2) is 60.1 Å². The molecule has 1 atom stereocenters. The van der Waals surface area contributed by atoms with Crippen LogP contribution in [-0.2, 0) is 13.0 Å². The number of thiazole rings is 1. The van der Waals surface area contributed by atoms with Gasteiger partial charge in [-0.2, -0.15) is 0 Å². The molecule has 2 aromatic carbocycles. The van der Waals surface area contributed by atoms with E-state index in [9.17, 15) is 4.79 Å². The second-order valence-electron chi connectivity index (χ2n) is 6.37. The second-order valence-corrected chi connectivity index (χ2v) is 7.35. The highest BCUT2D eigenvalue weighted by atomic mass is 32.1. The van der Waals surface area contributed by atoms with Gasteiger partial charge in [-0.05, 0) is 36.2 Å². The zero-order valence-electron chi connectivity index (χ0n) is 14.6. The molecule has 1 aliphatic heterocycles. The smallest absolute Gasteiger partial charge is 0.254 e. The van der Waals surface area contributed by atoms with Crippen molar-refractivity contribution in [2.75, 3.05) is 6.61 Å². The van der Waals surface area contributed by atoms with Gasteiger partial charge in [0.05, 0.1) is 19.2 Å². The third kappa shape index (κ3) is 3.35. The van der Waals surface area contributed by atoms with Crippen molar-refractivity contribution in [1.82, 2.24) is 9.88 Å². The Bertz CT molecular complexity index is 894. The SMILES string of the molecule is CC(c1ccccc1)N(Cc1nccs1)C(=O)c1ccc2c(c1)CCO2. The van der Waals surface area contributed by atoms with Gasteiger partial charge in [-0.15, -0.1) is 11.3 Å². The molecule has 1 aromatic heterocycles. The standard InChI is InChI=1S/C21H20N2O2S/c1-15(16-5-3-2-4-6-16)23(14-20-22-10-12-26-20)21(24)18-7-8-19-17(13-18)9-11-25-19/h2-8,10,12-13,15H,9,11,14H2,1H3. The van der Waals surface area contributed by atoms with E-state index in [2.05, 4.69) is 24.0 Å². The fourth-order valence-electron chi connectivity index (χ4n) is 3.26. The largest absolute Gasteiger partial charge is 0.493 e. The van der Waals surface area contributed by atoms with Crippen molar-refractivity contribution >= 4 is 17.2 Å². The molecule has 3 aromatic rings. The number of nitrogens with zero attached hydrogens (tertiary/aromatic N) is 2. The molecule has 0 fully saturated rings. The molecule has 4 nitrogen and oxygen atoms in total. The Kier molecular flexibility index (Phi) is 4.71. The average molecular weight is 364 g/mol. The molecule has 0 radical (unpaired) electrons. The van der Waals surface area contributed by atoms with Crippen LogP contribution >= 0.6 is 11.3 Å². The first kappa shape index (κ1) is 16.8. The van der Waals surface area contributed by atoms with Gasteiger partial charge in [0.15, 0.2) is 0 Å². The van der Waals surface area contributed by atoms with Crippen LogP contribution in [0, 0.1) is 0 Å². The Morgan fingerprint density at radius 3 is 2.88 bits per heavy atom. The maximum Gasteiger partial charge on any atom is 0.254 e. The number of aromatic nitrogens is 1. The van der Waals surface area contributed by atoms with Crippen LogP contribution in [0.1, 0.15) is 39.5 Å². The molecule has 0 bridgehead atoms. The Morgan fingerprint density at radius 1 is 1.27 bits per heavy atom. The van der Waals surface area contributed by atoms with E-state index in [1.165, 1.54) is 0 Å². The van der Waals surface area contributed by atoms with Crippen molar-refractivity contribution in [2.24, 2.45) is 0 Å². The molecular weight excluding hydrogens is 344 g/mol. The summed E-state index contributed by atoms with van der Waals surface area (Å²) in [4.78, 5) is 19.6. The minimum atomic E-state index is -0.0443. The summed E-state index contributed by atoms with van der Waals surface area (Å²) in [5.74, 6) is 0.912. The maximum atomic E-state index is 13.3. The summed E-state index contributed by atoms with van der Waals surface area (Å²) in [6.45, 7) is 3.26. The van der Waals surface area contributed by atoms with Gasteiger partial charge in [0.25, 0.3) is 5.91 Å². The van der Waals surface area contributed by atoms with Crippen LogP contribution in [0.5, 0.6) is 5.75 Å². The summed E-state index contributed by atoms with van der Waals surface area (Å²) in [5.41, 5.74) is 2.92. The highest BCUT2D eigenvalue weighted by molar-refractivity contribution is 7.09. The first-order valence-electron chi connectivity index (χ1n) is 8.72. The molecule has 0 spiro atoms. The van der Waals surface area contributed by atoms with E-state index in [1.807, 2.05) is 46.7 Å². The van der Waals surface area contributed by atoms with Crippen LogP contribution in [0.3, 0.4) is 0 Å². The molecule has 0 saturated carbocycles. The van der Waals surface area contributed by atoms with Gasteiger partial charge in [-0.1, -0.05) is 30.3 Å². The molecule has 26 heavy (non-hydrogen) atoms. The number of hydrogen-bond acceptors (Lipinski definition) is 4. The first-order chi connectivity index (χ1) is 12.7. The number of hydrogen-bond donors (Lipinski definition) is 0. The van der Waals surface area contributed by atoms with E-state index in [0.717, 1.165) is 28.3 Å². The van der Waals surface area contributed by atoms with Crippen molar-refractivity contribution < 1.29 is 9.53 Å². The molecule has 4 rings (SSSR count). The van der Waals surface area contributed by atoms with Crippen LogP contribution in [0.25, 0.3) is 0 Å². The summed E-state index contributed by atoms with van der Waals surface area (Å²) in [6.07, 6.45) is 2.64. The van der Waals surface area contributed by atoms with Gasteiger partial charge in [0, 0.05) is 23.6 Å². The Hall–Kier alpha value is -2.66.